The second-order valence-electron chi connectivity index (χ2n) is 7.01. The highest BCUT2D eigenvalue weighted by Gasteiger charge is 2.69. The first-order valence-electron chi connectivity index (χ1n) is 9.06. The van der Waals surface area contributed by atoms with Gasteiger partial charge in [0.15, 0.2) is 11.2 Å². The van der Waals surface area contributed by atoms with Gasteiger partial charge in [0.05, 0.1) is 11.1 Å². The van der Waals surface area contributed by atoms with Gasteiger partial charge in [-0.25, -0.2) is 0 Å². The van der Waals surface area contributed by atoms with E-state index in [1.165, 1.54) is 0 Å². The van der Waals surface area contributed by atoms with E-state index in [-0.39, 0.29) is 0 Å². The molecule has 0 aromatic heterocycles. The highest BCUT2D eigenvalue weighted by molar-refractivity contribution is 5.73. The molecule has 3 aromatic carbocycles. The summed E-state index contributed by atoms with van der Waals surface area (Å²) < 4.78 is 63.8. The van der Waals surface area contributed by atoms with E-state index in [0.29, 0.717) is 22.3 Å². The number of halogens is 4. The van der Waals surface area contributed by atoms with Gasteiger partial charge in [-0.15, -0.1) is 0 Å². The first-order valence-corrected chi connectivity index (χ1v) is 9.06. The van der Waals surface area contributed by atoms with E-state index in [0.717, 1.165) is 0 Å². The third kappa shape index (κ3) is 2.13. The van der Waals surface area contributed by atoms with Crippen molar-refractivity contribution in [2.24, 2.45) is 0 Å². The average Bonchev–Trinajstić information content (AvgIpc) is 3.25. The molecule has 0 N–H and O–H groups in total. The largest absolute Gasteiger partial charge is 0.340 e. The molecule has 0 spiro atoms. The number of fused-ring (bicyclic) bond motifs is 5. The molecule has 0 radical (unpaired) electrons. The van der Waals surface area contributed by atoms with E-state index in [1.807, 2.05) is 0 Å². The molecular formula is C24H14F4O. The zero-order valence-electron chi connectivity index (χ0n) is 15.0. The third-order valence-electron chi connectivity index (χ3n) is 5.68. The summed E-state index contributed by atoms with van der Waals surface area (Å²) >= 11 is 0. The Balaban J connectivity index is 1.99. The zero-order valence-corrected chi connectivity index (χ0v) is 15.0. The monoisotopic (exact) mass is 394 g/mol. The first kappa shape index (κ1) is 17.9. The van der Waals surface area contributed by atoms with Crippen LogP contribution < -0.4 is 0 Å². The molecule has 3 aromatic rings. The van der Waals surface area contributed by atoms with Crippen LogP contribution >= 0.6 is 0 Å². The molecule has 0 amide bonds. The molecule has 2 aliphatic rings. The van der Waals surface area contributed by atoms with Crippen molar-refractivity contribution in [1.29, 1.82) is 0 Å². The predicted molar refractivity (Wildman–Crippen MR) is 100 cm³/mol. The van der Waals surface area contributed by atoms with Crippen LogP contribution in [0.3, 0.4) is 0 Å². The molecule has 2 bridgehead atoms. The normalized spacial score (nSPS) is 24.6. The van der Waals surface area contributed by atoms with Gasteiger partial charge in [-0.1, -0.05) is 84.9 Å². The van der Waals surface area contributed by atoms with Gasteiger partial charge in [-0.05, 0) is 22.3 Å². The topological polar surface area (TPSA) is 9.23 Å². The summed E-state index contributed by atoms with van der Waals surface area (Å²) in [5.41, 5.74) is -3.52. The van der Waals surface area contributed by atoms with Crippen LogP contribution in [0.4, 0.5) is 17.6 Å². The molecule has 1 nitrogen and oxygen atoms in total. The minimum absolute atomic E-state index is 0.379. The predicted octanol–water partition coefficient (Wildman–Crippen LogP) is 6.52. The number of hydrogen-bond donors (Lipinski definition) is 0. The van der Waals surface area contributed by atoms with E-state index < -0.39 is 34.5 Å². The second kappa shape index (κ2) is 6.16. The second-order valence-corrected chi connectivity index (χ2v) is 7.01. The van der Waals surface area contributed by atoms with Gasteiger partial charge in [-0.2, -0.15) is 17.6 Å². The molecule has 0 aliphatic carbocycles. The van der Waals surface area contributed by atoms with Crippen LogP contribution in [0.5, 0.6) is 0 Å². The lowest BCUT2D eigenvalue weighted by Crippen LogP contribution is -2.29. The summed E-state index contributed by atoms with van der Waals surface area (Å²) in [7, 11) is 0. The van der Waals surface area contributed by atoms with Crippen LogP contribution in [0.15, 0.2) is 108 Å². The quantitative estimate of drug-likeness (QED) is 0.450. The van der Waals surface area contributed by atoms with Gasteiger partial charge < -0.3 is 4.74 Å². The molecule has 1 saturated heterocycles. The van der Waals surface area contributed by atoms with Gasteiger partial charge in [0.25, 0.3) is 12.2 Å². The fraction of sp³-hybridized carbons (Fsp3) is 0.0833. The van der Waals surface area contributed by atoms with Crippen molar-refractivity contribution in [3.63, 3.8) is 0 Å². The van der Waals surface area contributed by atoms with Gasteiger partial charge in [0, 0.05) is 0 Å². The molecule has 0 saturated carbocycles. The summed E-state index contributed by atoms with van der Waals surface area (Å²) in [5, 5.41) is 0. The standard InChI is InChI=1S/C24H14F4O/c25-21(26)19-20(22(27)28)24(16-11-5-2-6-12-16)18-14-8-7-13-17(18)23(19,29-24)15-9-3-1-4-10-15/h1-14H. The van der Waals surface area contributed by atoms with Crippen molar-refractivity contribution in [3.8, 4) is 0 Å². The molecule has 2 atom stereocenters. The summed E-state index contributed by atoms with van der Waals surface area (Å²) in [6, 6.07) is 23.4. The Morgan fingerprint density at radius 3 is 1.21 bits per heavy atom. The van der Waals surface area contributed by atoms with Crippen molar-refractivity contribution in [3.05, 3.63) is 130 Å². The SMILES string of the molecule is FC(F)=C1C(=C(F)F)C2(c3ccccc3)OC1(c1ccccc1)c1ccccc12. The van der Waals surface area contributed by atoms with Crippen molar-refractivity contribution in [1.82, 2.24) is 0 Å². The lowest BCUT2D eigenvalue weighted by molar-refractivity contribution is -0.0234. The van der Waals surface area contributed by atoms with Crippen LogP contribution in [0, 0.1) is 0 Å². The molecule has 2 aliphatic heterocycles. The Labute approximate surface area is 164 Å². The fourth-order valence-electron chi connectivity index (χ4n) is 4.68. The molecular weight excluding hydrogens is 380 g/mol. The fourth-order valence-corrected chi connectivity index (χ4v) is 4.68. The minimum atomic E-state index is -2.18. The van der Waals surface area contributed by atoms with Gasteiger partial charge >= 0.3 is 0 Å². The maximum absolute atomic E-state index is 14.4. The lowest BCUT2D eigenvalue weighted by atomic mass is 9.67. The molecule has 5 rings (SSSR count). The molecule has 29 heavy (non-hydrogen) atoms. The van der Waals surface area contributed by atoms with Gasteiger partial charge in [0.2, 0.25) is 0 Å². The van der Waals surface area contributed by atoms with Crippen molar-refractivity contribution in [2.75, 3.05) is 0 Å². The number of benzene rings is 3. The smallest absolute Gasteiger partial charge is 0.277 e. The van der Waals surface area contributed by atoms with Gasteiger partial charge in [0.1, 0.15) is 0 Å². The zero-order chi connectivity index (χ0) is 20.2. The average molecular weight is 394 g/mol. The van der Waals surface area contributed by atoms with E-state index >= 15 is 0 Å². The summed E-state index contributed by atoms with van der Waals surface area (Å²) in [4.78, 5) is 0. The molecule has 2 heterocycles. The van der Waals surface area contributed by atoms with Gasteiger partial charge in [-0.3, -0.25) is 0 Å². The Bertz CT molecular complexity index is 1070. The maximum Gasteiger partial charge on any atom is 0.277 e. The number of ether oxygens (including phenoxy) is 1. The Hall–Kier alpha value is -3.18. The summed E-state index contributed by atoms with van der Waals surface area (Å²) in [5.74, 6) is 0. The molecule has 1 fully saturated rings. The van der Waals surface area contributed by atoms with E-state index in [1.54, 1.807) is 84.9 Å². The van der Waals surface area contributed by atoms with Crippen LogP contribution in [0.2, 0.25) is 0 Å². The van der Waals surface area contributed by atoms with Crippen LogP contribution in [-0.2, 0) is 15.9 Å². The van der Waals surface area contributed by atoms with E-state index in [9.17, 15) is 17.6 Å². The van der Waals surface area contributed by atoms with E-state index in [4.69, 9.17) is 4.74 Å². The first-order chi connectivity index (χ1) is 14.0. The van der Waals surface area contributed by atoms with Crippen molar-refractivity contribution < 1.29 is 22.3 Å². The Morgan fingerprint density at radius 1 is 0.517 bits per heavy atom. The Morgan fingerprint density at radius 2 is 0.862 bits per heavy atom. The highest BCUT2D eigenvalue weighted by atomic mass is 19.3. The third-order valence-corrected chi connectivity index (χ3v) is 5.68. The molecule has 2 unspecified atom stereocenters. The Kier molecular flexibility index (Phi) is 3.80. The number of hydrogen-bond acceptors (Lipinski definition) is 1. The minimum Gasteiger partial charge on any atom is -0.340 e. The lowest BCUT2D eigenvalue weighted by Gasteiger charge is -2.31. The maximum atomic E-state index is 14.4. The summed E-state index contributed by atoms with van der Waals surface area (Å²) in [6.45, 7) is 0. The summed E-state index contributed by atoms with van der Waals surface area (Å²) in [6.07, 6.45) is -4.35. The van der Waals surface area contributed by atoms with Crippen molar-refractivity contribution in [2.45, 2.75) is 11.2 Å². The highest BCUT2D eigenvalue weighted by Crippen LogP contribution is 2.69. The van der Waals surface area contributed by atoms with Crippen LogP contribution in [0.25, 0.3) is 0 Å². The van der Waals surface area contributed by atoms with Crippen LogP contribution in [0.1, 0.15) is 22.3 Å². The van der Waals surface area contributed by atoms with Crippen LogP contribution in [-0.4, -0.2) is 0 Å². The van der Waals surface area contributed by atoms with E-state index in [2.05, 4.69) is 0 Å². The molecule has 5 heteroatoms. The molecule has 144 valence electrons. The van der Waals surface area contributed by atoms with Crippen molar-refractivity contribution >= 4 is 0 Å². The number of rotatable bonds is 2.